The number of hydrogen-bond donors (Lipinski definition) is 1. The summed E-state index contributed by atoms with van der Waals surface area (Å²) in [5.74, 6) is -0.248. The molecule has 7 heteroatoms. The number of nitrogens with zero attached hydrogens (tertiary/aromatic N) is 1. The van der Waals surface area contributed by atoms with E-state index in [2.05, 4.69) is 5.32 Å². The van der Waals surface area contributed by atoms with Gasteiger partial charge in [0.2, 0.25) is 15.9 Å². The molecule has 1 N–H and O–H groups in total. The van der Waals surface area contributed by atoms with E-state index in [0.29, 0.717) is 17.3 Å². The van der Waals surface area contributed by atoms with Crippen LogP contribution in [0.25, 0.3) is 0 Å². The second kappa shape index (κ2) is 7.06. The highest BCUT2D eigenvalue weighted by Crippen LogP contribution is 2.15. The lowest BCUT2D eigenvalue weighted by molar-refractivity contribution is -0.116. The van der Waals surface area contributed by atoms with Crippen LogP contribution in [0.4, 0.5) is 5.69 Å². The molecular formula is C13H19ClN2O3S. The third-order valence-corrected chi connectivity index (χ3v) is 3.92. The zero-order valence-electron chi connectivity index (χ0n) is 11.8. The summed E-state index contributed by atoms with van der Waals surface area (Å²) in [6.45, 7) is 3.89. The predicted octanol–water partition coefficient (Wildman–Crippen LogP) is 2.20. The number of carbonyl (C=O) groups excluding carboxylic acids is 1. The number of benzene rings is 1. The Labute approximate surface area is 125 Å². The highest BCUT2D eigenvalue weighted by atomic mass is 35.5. The number of hydrogen-bond acceptors (Lipinski definition) is 3. The van der Waals surface area contributed by atoms with Crippen LogP contribution < -0.4 is 5.32 Å². The molecule has 0 aromatic heterocycles. The molecule has 1 aromatic carbocycles. The molecule has 0 aliphatic carbocycles. The summed E-state index contributed by atoms with van der Waals surface area (Å²) in [4.78, 5) is 11.9. The van der Waals surface area contributed by atoms with E-state index in [0.717, 1.165) is 10.6 Å². The average Bonchev–Trinajstić information content (AvgIpc) is 2.26. The van der Waals surface area contributed by atoms with Gasteiger partial charge in [-0.25, -0.2) is 8.42 Å². The Balaban J connectivity index is 2.72. The number of carbonyl (C=O) groups is 1. The van der Waals surface area contributed by atoms with Crippen molar-refractivity contribution in [3.63, 3.8) is 0 Å². The van der Waals surface area contributed by atoms with Gasteiger partial charge < -0.3 is 5.32 Å². The van der Waals surface area contributed by atoms with E-state index in [-0.39, 0.29) is 12.5 Å². The highest BCUT2D eigenvalue weighted by molar-refractivity contribution is 7.88. The molecular weight excluding hydrogens is 300 g/mol. The number of halogens is 1. The largest absolute Gasteiger partial charge is 0.325 e. The first kappa shape index (κ1) is 16.9. The minimum Gasteiger partial charge on any atom is -0.325 e. The minimum atomic E-state index is -3.41. The smallest absolute Gasteiger partial charge is 0.239 e. The van der Waals surface area contributed by atoms with Crippen LogP contribution in [0.15, 0.2) is 24.3 Å². The Morgan fingerprint density at radius 3 is 2.55 bits per heavy atom. The summed E-state index contributed by atoms with van der Waals surface area (Å²) < 4.78 is 24.4. The van der Waals surface area contributed by atoms with Crippen molar-refractivity contribution in [2.24, 2.45) is 5.92 Å². The summed E-state index contributed by atoms with van der Waals surface area (Å²) in [5, 5.41) is 3.13. The van der Waals surface area contributed by atoms with Crippen LogP contribution in [0, 0.1) is 5.92 Å². The second-order valence-corrected chi connectivity index (χ2v) is 7.43. The van der Waals surface area contributed by atoms with E-state index in [1.165, 1.54) is 0 Å². The molecule has 1 aromatic rings. The Kier molecular flexibility index (Phi) is 5.98. The first-order valence-corrected chi connectivity index (χ1v) is 8.41. The van der Waals surface area contributed by atoms with Gasteiger partial charge in [0.15, 0.2) is 0 Å². The third kappa shape index (κ3) is 5.90. The molecule has 0 saturated carbocycles. The van der Waals surface area contributed by atoms with Crippen molar-refractivity contribution >= 4 is 33.2 Å². The van der Waals surface area contributed by atoms with Crippen molar-refractivity contribution in [1.29, 1.82) is 0 Å². The van der Waals surface area contributed by atoms with Crippen LogP contribution in [0.5, 0.6) is 0 Å². The van der Waals surface area contributed by atoms with E-state index < -0.39 is 15.9 Å². The maximum absolute atomic E-state index is 11.9. The van der Waals surface area contributed by atoms with E-state index in [1.807, 2.05) is 13.8 Å². The van der Waals surface area contributed by atoms with Gasteiger partial charge in [-0.3, -0.25) is 4.79 Å². The molecule has 0 heterocycles. The molecule has 0 radical (unpaired) electrons. The van der Waals surface area contributed by atoms with Gasteiger partial charge in [-0.2, -0.15) is 4.31 Å². The monoisotopic (exact) mass is 318 g/mol. The zero-order valence-corrected chi connectivity index (χ0v) is 13.3. The molecule has 112 valence electrons. The molecule has 0 aliphatic rings. The van der Waals surface area contributed by atoms with Gasteiger partial charge in [0, 0.05) is 17.3 Å². The van der Waals surface area contributed by atoms with Crippen molar-refractivity contribution in [3.8, 4) is 0 Å². The van der Waals surface area contributed by atoms with Gasteiger partial charge in [0.25, 0.3) is 0 Å². The number of amides is 1. The van der Waals surface area contributed by atoms with Crippen molar-refractivity contribution in [2.45, 2.75) is 13.8 Å². The molecule has 0 bridgehead atoms. The van der Waals surface area contributed by atoms with Gasteiger partial charge >= 0.3 is 0 Å². The van der Waals surface area contributed by atoms with Crippen molar-refractivity contribution in [1.82, 2.24) is 4.31 Å². The Hall–Kier alpha value is -1.11. The fraction of sp³-hybridized carbons (Fsp3) is 0.462. The maximum atomic E-state index is 11.9. The van der Waals surface area contributed by atoms with E-state index >= 15 is 0 Å². The Morgan fingerprint density at radius 2 is 2.05 bits per heavy atom. The van der Waals surface area contributed by atoms with Crippen molar-refractivity contribution in [3.05, 3.63) is 29.3 Å². The zero-order chi connectivity index (χ0) is 15.3. The van der Waals surface area contributed by atoms with Crippen LogP contribution in [0.3, 0.4) is 0 Å². The fourth-order valence-corrected chi connectivity index (χ4v) is 2.76. The van der Waals surface area contributed by atoms with Crippen LogP contribution in [0.1, 0.15) is 13.8 Å². The lowest BCUT2D eigenvalue weighted by Crippen LogP contribution is -2.39. The summed E-state index contributed by atoms with van der Waals surface area (Å²) in [6.07, 6.45) is 1.10. The van der Waals surface area contributed by atoms with Crippen molar-refractivity contribution < 1.29 is 13.2 Å². The molecule has 0 spiro atoms. The number of nitrogens with one attached hydrogen (secondary N) is 1. The van der Waals surface area contributed by atoms with E-state index in [1.54, 1.807) is 24.3 Å². The summed E-state index contributed by atoms with van der Waals surface area (Å²) in [5.41, 5.74) is 0.542. The van der Waals surface area contributed by atoms with Gasteiger partial charge in [0.05, 0.1) is 12.8 Å². The number of rotatable bonds is 6. The lowest BCUT2D eigenvalue weighted by atomic mass is 10.2. The Bertz CT molecular complexity index is 573. The lowest BCUT2D eigenvalue weighted by Gasteiger charge is -2.21. The molecule has 0 saturated heterocycles. The molecule has 0 unspecified atom stereocenters. The van der Waals surface area contributed by atoms with Gasteiger partial charge in [-0.05, 0) is 24.1 Å². The highest BCUT2D eigenvalue weighted by Gasteiger charge is 2.21. The van der Waals surface area contributed by atoms with Gasteiger partial charge in [-0.15, -0.1) is 0 Å². The van der Waals surface area contributed by atoms with Crippen LogP contribution in [-0.4, -0.2) is 38.0 Å². The predicted molar refractivity (Wildman–Crippen MR) is 81.3 cm³/mol. The van der Waals surface area contributed by atoms with Crippen molar-refractivity contribution in [2.75, 3.05) is 24.7 Å². The normalized spacial score (nSPS) is 11.9. The Morgan fingerprint density at radius 1 is 1.40 bits per heavy atom. The molecule has 1 amide bonds. The van der Waals surface area contributed by atoms with Gasteiger partial charge in [0.1, 0.15) is 0 Å². The van der Waals surface area contributed by atoms with Crippen LogP contribution in [0.2, 0.25) is 5.02 Å². The SMILES string of the molecule is CC(C)CN(CC(=O)Nc1cccc(Cl)c1)S(C)(=O)=O. The average molecular weight is 319 g/mol. The molecule has 5 nitrogen and oxygen atoms in total. The molecule has 0 fully saturated rings. The number of anilines is 1. The van der Waals surface area contributed by atoms with Gasteiger partial charge in [-0.1, -0.05) is 31.5 Å². The second-order valence-electron chi connectivity index (χ2n) is 5.01. The molecule has 0 aliphatic heterocycles. The third-order valence-electron chi connectivity index (χ3n) is 2.47. The van der Waals surface area contributed by atoms with E-state index in [4.69, 9.17) is 11.6 Å². The maximum Gasteiger partial charge on any atom is 0.239 e. The summed E-state index contributed by atoms with van der Waals surface area (Å²) in [7, 11) is -3.41. The summed E-state index contributed by atoms with van der Waals surface area (Å²) in [6, 6.07) is 6.70. The topological polar surface area (TPSA) is 66.5 Å². The summed E-state index contributed by atoms with van der Waals surface area (Å²) >= 11 is 5.82. The van der Waals surface area contributed by atoms with Crippen LogP contribution >= 0.6 is 11.6 Å². The minimum absolute atomic E-state index is 0.142. The quantitative estimate of drug-likeness (QED) is 0.874. The fourth-order valence-electron chi connectivity index (χ4n) is 1.65. The molecule has 20 heavy (non-hydrogen) atoms. The molecule has 0 atom stereocenters. The molecule has 1 rings (SSSR count). The standard InChI is InChI=1S/C13H19ClN2O3S/c1-10(2)8-16(20(3,18)19)9-13(17)15-12-6-4-5-11(14)7-12/h4-7,10H,8-9H2,1-3H3,(H,15,17). The first-order valence-electron chi connectivity index (χ1n) is 6.19. The van der Waals surface area contributed by atoms with E-state index in [9.17, 15) is 13.2 Å². The van der Waals surface area contributed by atoms with Crippen LogP contribution in [-0.2, 0) is 14.8 Å². The first-order chi connectivity index (χ1) is 9.18. The number of sulfonamides is 1.